The van der Waals surface area contributed by atoms with Crippen molar-refractivity contribution in [2.75, 3.05) is 13.7 Å². The standard InChI is InChI=1S/C12H16BrNO/c1-15-12(8-14)6-2-3-9-4-5-10(13)7-11(9)12/h4-5,7H,2-3,6,8,14H2,1H3. The molecule has 0 aromatic heterocycles. The number of aryl methyl sites for hydroxylation is 1. The molecule has 15 heavy (non-hydrogen) atoms. The fraction of sp³-hybridized carbons (Fsp3) is 0.500. The van der Waals surface area contributed by atoms with E-state index >= 15 is 0 Å². The predicted molar refractivity (Wildman–Crippen MR) is 64.8 cm³/mol. The van der Waals surface area contributed by atoms with Crippen LogP contribution in [0.4, 0.5) is 0 Å². The van der Waals surface area contributed by atoms with Crippen LogP contribution in [0.25, 0.3) is 0 Å². The maximum absolute atomic E-state index is 5.87. The maximum atomic E-state index is 5.87. The summed E-state index contributed by atoms with van der Waals surface area (Å²) in [6.45, 7) is 0.549. The Balaban J connectivity index is 2.53. The number of halogens is 1. The first-order chi connectivity index (χ1) is 7.22. The second-order valence-corrected chi connectivity index (χ2v) is 4.97. The van der Waals surface area contributed by atoms with Gasteiger partial charge in [0.2, 0.25) is 0 Å². The predicted octanol–water partition coefficient (Wildman–Crippen LogP) is 2.59. The highest BCUT2D eigenvalue weighted by Gasteiger charge is 2.35. The van der Waals surface area contributed by atoms with Gasteiger partial charge in [0.25, 0.3) is 0 Å². The van der Waals surface area contributed by atoms with Crippen LogP contribution < -0.4 is 5.73 Å². The second kappa shape index (κ2) is 4.24. The van der Waals surface area contributed by atoms with Crippen molar-refractivity contribution >= 4 is 15.9 Å². The Kier molecular flexibility index (Phi) is 3.14. The first-order valence-corrected chi connectivity index (χ1v) is 6.05. The molecule has 0 fully saturated rings. The van der Waals surface area contributed by atoms with E-state index in [2.05, 4.69) is 34.1 Å². The molecular weight excluding hydrogens is 254 g/mol. The summed E-state index contributed by atoms with van der Waals surface area (Å²) in [5, 5.41) is 0. The highest BCUT2D eigenvalue weighted by molar-refractivity contribution is 9.10. The lowest BCUT2D eigenvalue weighted by Crippen LogP contribution is -2.40. The van der Waals surface area contributed by atoms with E-state index in [0.717, 1.165) is 23.7 Å². The van der Waals surface area contributed by atoms with Crippen LogP contribution >= 0.6 is 15.9 Å². The summed E-state index contributed by atoms with van der Waals surface area (Å²) in [6, 6.07) is 6.40. The van der Waals surface area contributed by atoms with Crippen LogP contribution in [0.1, 0.15) is 24.0 Å². The molecule has 1 atom stereocenters. The van der Waals surface area contributed by atoms with Gasteiger partial charge in [0, 0.05) is 18.1 Å². The van der Waals surface area contributed by atoms with Gasteiger partial charge < -0.3 is 10.5 Å². The fourth-order valence-corrected chi connectivity index (χ4v) is 2.76. The summed E-state index contributed by atoms with van der Waals surface area (Å²) in [7, 11) is 1.75. The molecule has 1 aliphatic carbocycles. The molecule has 2 N–H and O–H groups in total. The number of methoxy groups -OCH3 is 1. The van der Waals surface area contributed by atoms with E-state index in [9.17, 15) is 0 Å². The van der Waals surface area contributed by atoms with E-state index in [1.165, 1.54) is 11.1 Å². The Bertz CT molecular complexity index is 361. The largest absolute Gasteiger partial charge is 0.372 e. The van der Waals surface area contributed by atoms with Gasteiger partial charge in [0.1, 0.15) is 5.60 Å². The van der Waals surface area contributed by atoms with Crippen molar-refractivity contribution in [2.45, 2.75) is 24.9 Å². The first-order valence-electron chi connectivity index (χ1n) is 5.26. The van der Waals surface area contributed by atoms with Gasteiger partial charge in [-0.2, -0.15) is 0 Å². The summed E-state index contributed by atoms with van der Waals surface area (Å²) in [5.74, 6) is 0. The van der Waals surface area contributed by atoms with Gasteiger partial charge >= 0.3 is 0 Å². The molecule has 1 aromatic rings. The summed E-state index contributed by atoms with van der Waals surface area (Å²) >= 11 is 3.50. The van der Waals surface area contributed by atoms with Crippen LogP contribution in [-0.2, 0) is 16.8 Å². The number of ether oxygens (including phenoxy) is 1. The molecule has 1 unspecified atom stereocenters. The third-order valence-electron chi connectivity index (χ3n) is 3.31. The number of hydrogen-bond donors (Lipinski definition) is 1. The lowest BCUT2D eigenvalue weighted by molar-refractivity contribution is -0.0212. The summed E-state index contributed by atoms with van der Waals surface area (Å²) in [6.07, 6.45) is 3.30. The molecule has 0 radical (unpaired) electrons. The van der Waals surface area contributed by atoms with Crippen molar-refractivity contribution in [3.63, 3.8) is 0 Å². The number of rotatable bonds is 2. The molecule has 1 aromatic carbocycles. The Morgan fingerprint density at radius 3 is 3.00 bits per heavy atom. The van der Waals surface area contributed by atoms with Crippen molar-refractivity contribution in [1.29, 1.82) is 0 Å². The molecule has 0 amide bonds. The molecule has 0 aliphatic heterocycles. The second-order valence-electron chi connectivity index (χ2n) is 4.06. The lowest BCUT2D eigenvalue weighted by atomic mass is 9.79. The SMILES string of the molecule is COC1(CN)CCCc2ccc(Br)cc21. The van der Waals surface area contributed by atoms with Gasteiger partial charge in [-0.1, -0.05) is 22.0 Å². The molecule has 0 heterocycles. The molecule has 0 saturated heterocycles. The van der Waals surface area contributed by atoms with Crippen LogP contribution in [-0.4, -0.2) is 13.7 Å². The number of nitrogens with two attached hydrogens (primary N) is 1. The Hall–Kier alpha value is -0.380. The number of hydrogen-bond acceptors (Lipinski definition) is 2. The fourth-order valence-electron chi connectivity index (χ4n) is 2.40. The molecule has 3 heteroatoms. The molecule has 82 valence electrons. The zero-order valence-corrected chi connectivity index (χ0v) is 10.5. The Morgan fingerprint density at radius 2 is 2.33 bits per heavy atom. The average molecular weight is 270 g/mol. The van der Waals surface area contributed by atoms with Crippen LogP contribution in [0.15, 0.2) is 22.7 Å². The number of benzene rings is 1. The van der Waals surface area contributed by atoms with Gasteiger partial charge in [-0.15, -0.1) is 0 Å². The van der Waals surface area contributed by atoms with E-state index < -0.39 is 0 Å². The maximum Gasteiger partial charge on any atom is 0.105 e. The van der Waals surface area contributed by atoms with Crippen LogP contribution in [0.3, 0.4) is 0 Å². The molecule has 1 aliphatic rings. The first kappa shape index (κ1) is 11.1. The van der Waals surface area contributed by atoms with Crippen LogP contribution in [0.5, 0.6) is 0 Å². The van der Waals surface area contributed by atoms with Gasteiger partial charge in [-0.25, -0.2) is 0 Å². The van der Waals surface area contributed by atoms with E-state index in [1.807, 2.05) is 0 Å². The minimum absolute atomic E-state index is 0.267. The van der Waals surface area contributed by atoms with Gasteiger partial charge in [-0.3, -0.25) is 0 Å². The molecule has 0 spiro atoms. The highest BCUT2D eigenvalue weighted by atomic mass is 79.9. The average Bonchev–Trinajstić information content (AvgIpc) is 2.28. The topological polar surface area (TPSA) is 35.2 Å². The van der Waals surface area contributed by atoms with Gasteiger partial charge in [0.05, 0.1) is 0 Å². The molecule has 0 bridgehead atoms. The Morgan fingerprint density at radius 1 is 1.53 bits per heavy atom. The Labute approximate surface area is 98.9 Å². The minimum Gasteiger partial charge on any atom is -0.372 e. The van der Waals surface area contributed by atoms with Gasteiger partial charge in [-0.05, 0) is 42.5 Å². The van der Waals surface area contributed by atoms with Crippen molar-refractivity contribution in [3.8, 4) is 0 Å². The van der Waals surface area contributed by atoms with Crippen molar-refractivity contribution in [2.24, 2.45) is 5.73 Å². The molecule has 2 nitrogen and oxygen atoms in total. The molecule has 2 rings (SSSR count). The summed E-state index contributed by atoms with van der Waals surface area (Å²) in [4.78, 5) is 0. The van der Waals surface area contributed by atoms with E-state index in [4.69, 9.17) is 10.5 Å². The monoisotopic (exact) mass is 269 g/mol. The van der Waals surface area contributed by atoms with E-state index in [0.29, 0.717) is 6.54 Å². The van der Waals surface area contributed by atoms with Crippen molar-refractivity contribution in [1.82, 2.24) is 0 Å². The zero-order valence-electron chi connectivity index (χ0n) is 8.92. The van der Waals surface area contributed by atoms with Gasteiger partial charge in [0.15, 0.2) is 0 Å². The molecule has 0 saturated carbocycles. The van der Waals surface area contributed by atoms with Crippen LogP contribution in [0.2, 0.25) is 0 Å². The summed E-state index contributed by atoms with van der Waals surface area (Å²) in [5.41, 5.74) is 8.24. The van der Waals surface area contributed by atoms with Crippen LogP contribution in [0, 0.1) is 0 Å². The number of fused-ring (bicyclic) bond motifs is 1. The highest BCUT2D eigenvalue weighted by Crippen LogP contribution is 2.38. The summed E-state index contributed by atoms with van der Waals surface area (Å²) < 4.78 is 6.76. The lowest BCUT2D eigenvalue weighted by Gasteiger charge is -2.37. The van der Waals surface area contributed by atoms with E-state index in [-0.39, 0.29) is 5.60 Å². The zero-order chi connectivity index (χ0) is 10.9. The normalized spacial score (nSPS) is 25.0. The smallest absolute Gasteiger partial charge is 0.105 e. The quantitative estimate of drug-likeness (QED) is 0.896. The van der Waals surface area contributed by atoms with Crippen molar-refractivity contribution in [3.05, 3.63) is 33.8 Å². The molecular formula is C12H16BrNO. The van der Waals surface area contributed by atoms with E-state index in [1.54, 1.807) is 7.11 Å². The third-order valence-corrected chi connectivity index (χ3v) is 3.80. The minimum atomic E-state index is -0.267. The third kappa shape index (κ3) is 1.84. The van der Waals surface area contributed by atoms with Crippen molar-refractivity contribution < 1.29 is 4.74 Å².